The molecule has 2 aromatic carbocycles. The van der Waals surface area contributed by atoms with E-state index in [2.05, 4.69) is 17.6 Å². The third-order valence-electron chi connectivity index (χ3n) is 3.98. The molecule has 0 fully saturated rings. The van der Waals surface area contributed by atoms with Crippen molar-refractivity contribution in [1.29, 1.82) is 0 Å². The van der Waals surface area contributed by atoms with Gasteiger partial charge in [-0.2, -0.15) is 0 Å². The molecule has 0 spiro atoms. The number of ether oxygens (including phenoxy) is 1. The molecule has 0 aliphatic carbocycles. The van der Waals surface area contributed by atoms with Gasteiger partial charge in [-0.25, -0.2) is 9.18 Å². The molecule has 0 unspecified atom stereocenters. The molecule has 0 saturated heterocycles. The highest BCUT2D eigenvalue weighted by atomic mass is 19.1. The lowest BCUT2D eigenvalue weighted by molar-refractivity contribution is -0.124. The van der Waals surface area contributed by atoms with E-state index >= 15 is 0 Å². The number of para-hydroxylation sites is 1. The maximum atomic E-state index is 12.8. The summed E-state index contributed by atoms with van der Waals surface area (Å²) in [6.45, 7) is 2.91. The zero-order valence-corrected chi connectivity index (χ0v) is 15.5. The highest BCUT2D eigenvalue weighted by molar-refractivity contribution is 5.96. The third-order valence-corrected chi connectivity index (χ3v) is 3.98. The van der Waals surface area contributed by atoms with Crippen molar-refractivity contribution in [3.63, 3.8) is 0 Å². The first-order chi connectivity index (χ1) is 13.1. The van der Waals surface area contributed by atoms with E-state index in [-0.39, 0.29) is 18.3 Å². The van der Waals surface area contributed by atoms with Crippen molar-refractivity contribution >= 4 is 17.6 Å². The highest BCUT2D eigenvalue weighted by Crippen LogP contribution is 2.16. The molecular weight excluding hydrogens is 347 g/mol. The number of hydrogen-bond acceptors (Lipinski definition) is 4. The van der Waals surface area contributed by atoms with E-state index in [4.69, 9.17) is 4.74 Å². The maximum absolute atomic E-state index is 12.8. The number of anilines is 1. The molecule has 5 nitrogen and oxygen atoms in total. The smallest absolute Gasteiger partial charge is 0.340 e. The van der Waals surface area contributed by atoms with E-state index in [0.717, 1.165) is 24.9 Å². The van der Waals surface area contributed by atoms with Crippen molar-refractivity contribution in [3.8, 4) is 0 Å². The van der Waals surface area contributed by atoms with E-state index in [1.807, 2.05) is 12.1 Å². The van der Waals surface area contributed by atoms with Crippen LogP contribution in [-0.2, 0) is 16.0 Å². The van der Waals surface area contributed by atoms with E-state index in [0.29, 0.717) is 24.2 Å². The van der Waals surface area contributed by atoms with E-state index in [1.54, 1.807) is 24.3 Å². The van der Waals surface area contributed by atoms with Gasteiger partial charge in [0.25, 0.3) is 5.91 Å². The molecule has 0 bridgehead atoms. The Labute approximate surface area is 158 Å². The Kier molecular flexibility index (Phi) is 8.29. The Morgan fingerprint density at radius 3 is 2.52 bits per heavy atom. The largest absolute Gasteiger partial charge is 0.452 e. The zero-order chi connectivity index (χ0) is 19.5. The van der Waals surface area contributed by atoms with Gasteiger partial charge in [0.1, 0.15) is 5.82 Å². The van der Waals surface area contributed by atoms with Crippen molar-refractivity contribution in [2.24, 2.45) is 0 Å². The van der Waals surface area contributed by atoms with Crippen LogP contribution in [0.3, 0.4) is 0 Å². The Bertz CT molecular complexity index is 747. The lowest BCUT2D eigenvalue weighted by Crippen LogP contribution is -2.30. The number of esters is 1. The van der Waals surface area contributed by atoms with Crippen LogP contribution in [0, 0.1) is 5.82 Å². The highest BCUT2D eigenvalue weighted by Gasteiger charge is 2.13. The molecule has 0 aromatic heterocycles. The average Bonchev–Trinajstić information content (AvgIpc) is 2.68. The number of hydrogen-bond donors (Lipinski definition) is 2. The van der Waals surface area contributed by atoms with E-state index in [1.165, 1.54) is 12.1 Å². The number of carbonyl (C=O) groups excluding carboxylic acids is 2. The van der Waals surface area contributed by atoms with Crippen LogP contribution in [0.4, 0.5) is 10.1 Å². The van der Waals surface area contributed by atoms with Crippen LogP contribution < -0.4 is 10.6 Å². The molecule has 1 amide bonds. The number of unbranched alkanes of at least 4 members (excludes halogenated alkanes) is 1. The molecular formula is C21H25FN2O3. The molecule has 2 N–H and O–H groups in total. The van der Waals surface area contributed by atoms with Crippen LogP contribution in [0.2, 0.25) is 0 Å². The lowest BCUT2D eigenvalue weighted by Gasteiger charge is -2.11. The SMILES string of the molecule is CCCCNc1ccccc1C(=O)OCC(=O)NCCc1ccc(F)cc1. The minimum Gasteiger partial charge on any atom is -0.452 e. The summed E-state index contributed by atoms with van der Waals surface area (Å²) in [5.74, 6) is -1.20. The monoisotopic (exact) mass is 372 g/mol. The van der Waals surface area contributed by atoms with Gasteiger partial charge in [-0.05, 0) is 42.7 Å². The molecule has 0 heterocycles. The zero-order valence-electron chi connectivity index (χ0n) is 15.5. The van der Waals surface area contributed by atoms with Crippen LogP contribution in [0.25, 0.3) is 0 Å². The number of carbonyl (C=O) groups is 2. The van der Waals surface area contributed by atoms with Gasteiger partial charge in [0.15, 0.2) is 6.61 Å². The minimum atomic E-state index is -0.539. The number of amides is 1. The van der Waals surface area contributed by atoms with Crippen LogP contribution in [0.5, 0.6) is 0 Å². The quantitative estimate of drug-likeness (QED) is 0.494. The first kappa shape index (κ1) is 20.4. The summed E-state index contributed by atoms with van der Waals surface area (Å²) in [6.07, 6.45) is 2.63. The summed E-state index contributed by atoms with van der Waals surface area (Å²) in [7, 11) is 0. The van der Waals surface area contributed by atoms with Gasteiger partial charge in [-0.3, -0.25) is 4.79 Å². The molecule has 0 aliphatic heterocycles. The summed E-state index contributed by atoms with van der Waals surface area (Å²) in [6, 6.07) is 13.2. The molecule has 6 heteroatoms. The summed E-state index contributed by atoms with van der Waals surface area (Å²) in [5.41, 5.74) is 2.03. The van der Waals surface area contributed by atoms with Crippen LogP contribution in [0.1, 0.15) is 35.7 Å². The van der Waals surface area contributed by atoms with Crippen molar-refractivity contribution in [1.82, 2.24) is 5.32 Å². The molecule has 144 valence electrons. The predicted octanol–water partition coefficient (Wildman–Crippen LogP) is 3.55. The second-order valence-corrected chi connectivity index (χ2v) is 6.13. The van der Waals surface area contributed by atoms with Crippen molar-refractivity contribution in [2.75, 3.05) is 25.0 Å². The van der Waals surface area contributed by atoms with E-state index in [9.17, 15) is 14.0 Å². The fourth-order valence-corrected chi connectivity index (χ4v) is 2.47. The first-order valence-corrected chi connectivity index (χ1v) is 9.11. The summed E-state index contributed by atoms with van der Waals surface area (Å²) < 4.78 is 18.0. The normalized spacial score (nSPS) is 10.3. The molecule has 0 saturated carbocycles. The summed E-state index contributed by atoms with van der Waals surface area (Å²) in [4.78, 5) is 24.1. The number of benzene rings is 2. The van der Waals surface area contributed by atoms with Gasteiger partial charge in [0.05, 0.1) is 5.56 Å². The molecule has 0 atom stereocenters. The summed E-state index contributed by atoms with van der Waals surface area (Å²) in [5, 5.41) is 5.89. The second kappa shape index (κ2) is 11.0. The van der Waals surface area contributed by atoms with Gasteiger partial charge in [-0.1, -0.05) is 37.6 Å². The third kappa shape index (κ3) is 7.09. The first-order valence-electron chi connectivity index (χ1n) is 9.11. The molecule has 27 heavy (non-hydrogen) atoms. The van der Waals surface area contributed by atoms with Crippen molar-refractivity contribution in [2.45, 2.75) is 26.2 Å². The molecule has 0 radical (unpaired) electrons. The topological polar surface area (TPSA) is 67.4 Å². The van der Waals surface area contributed by atoms with Crippen LogP contribution in [-0.4, -0.2) is 31.6 Å². The van der Waals surface area contributed by atoms with Gasteiger partial charge < -0.3 is 15.4 Å². The predicted molar refractivity (Wildman–Crippen MR) is 103 cm³/mol. The van der Waals surface area contributed by atoms with Gasteiger partial charge >= 0.3 is 5.97 Å². The second-order valence-electron chi connectivity index (χ2n) is 6.13. The Morgan fingerprint density at radius 1 is 1.04 bits per heavy atom. The summed E-state index contributed by atoms with van der Waals surface area (Å²) >= 11 is 0. The fraction of sp³-hybridized carbons (Fsp3) is 0.333. The minimum absolute atomic E-state index is 0.292. The number of nitrogens with one attached hydrogen (secondary N) is 2. The Balaban J connectivity index is 1.76. The van der Waals surface area contributed by atoms with E-state index < -0.39 is 5.97 Å². The Hall–Kier alpha value is -2.89. The van der Waals surface area contributed by atoms with Gasteiger partial charge in [0.2, 0.25) is 0 Å². The Morgan fingerprint density at radius 2 is 1.78 bits per heavy atom. The number of halogens is 1. The standard InChI is InChI=1S/C21H25FN2O3/c1-2-3-13-23-19-7-5-4-6-18(19)21(26)27-15-20(25)24-14-12-16-8-10-17(22)11-9-16/h4-11,23H,2-3,12-15H2,1H3,(H,24,25). The fourth-order valence-electron chi connectivity index (χ4n) is 2.47. The van der Waals surface area contributed by atoms with Crippen LogP contribution in [0.15, 0.2) is 48.5 Å². The van der Waals surface area contributed by atoms with Gasteiger partial charge in [0, 0.05) is 18.8 Å². The van der Waals surface area contributed by atoms with Crippen molar-refractivity contribution < 1.29 is 18.7 Å². The van der Waals surface area contributed by atoms with Crippen LogP contribution >= 0.6 is 0 Å². The molecule has 0 aliphatic rings. The van der Waals surface area contributed by atoms with Gasteiger partial charge in [-0.15, -0.1) is 0 Å². The molecule has 2 aromatic rings. The lowest BCUT2D eigenvalue weighted by atomic mass is 10.1. The van der Waals surface area contributed by atoms with Crippen molar-refractivity contribution in [3.05, 3.63) is 65.5 Å². The maximum Gasteiger partial charge on any atom is 0.340 e. The molecule has 2 rings (SSSR count). The number of rotatable bonds is 10. The average molecular weight is 372 g/mol.